The summed E-state index contributed by atoms with van der Waals surface area (Å²) in [6.07, 6.45) is 1.19. The number of aromatic amines is 1. The summed E-state index contributed by atoms with van der Waals surface area (Å²) < 4.78 is 5.90. The van der Waals surface area contributed by atoms with Gasteiger partial charge in [0.25, 0.3) is 0 Å². The molecule has 3 N–H and O–H groups in total. The van der Waals surface area contributed by atoms with Gasteiger partial charge in [0, 0.05) is 11.8 Å². The summed E-state index contributed by atoms with van der Waals surface area (Å²) in [4.78, 5) is 23.0. The maximum atomic E-state index is 11.2. The molecule has 0 saturated heterocycles. The van der Waals surface area contributed by atoms with Crippen molar-refractivity contribution >= 4 is 17.3 Å². The van der Waals surface area contributed by atoms with E-state index >= 15 is 0 Å². The second-order valence-corrected chi connectivity index (χ2v) is 8.08. The fraction of sp³-hybridized carbons (Fsp3) is 0.364. The van der Waals surface area contributed by atoms with E-state index in [1.807, 2.05) is 32.9 Å². The highest BCUT2D eigenvalue weighted by atomic mass is 16.5. The minimum atomic E-state index is -1.10. The molecule has 1 unspecified atom stereocenters. The SMILES string of the molecule is Cc1nc2nccc(-c3ccc(OCC(C)(CC(C)C)NC(=O)O)c(C#N)c3)c2[nH]1. The molecule has 0 aliphatic carbocycles. The monoisotopic (exact) mass is 407 g/mol. The number of hydrogen-bond donors (Lipinski definition) is 3. The standard InChI is InChI=1S/C22H25N5O3/c1-13(2)10-22(4,27-21(28)29)12-30-18-6-5-15(9-16(18)11-23)17-7-8-24-20-19(17)25-14(3)26-20/h5-9,13,27H,10,12H2,1-4H3,(H,28,29)(H,24,25,26). The molecule has 3 aromatic rings. The Morgan fingerprint density at radius 2 is 2.17 bits per heavy atom. The molecule has 3 rings (SSSR count). The number of aromatic nitrogens is 3. The van der Waals surface area contributed by atoms with Crippen molar-refractivity contribution in [2.75, 3.05) is 6.61 Å². The van der Waals surface area contributed by atoms with Gasteiger partial charge in [0.1, 0.15) is 24.3 Å². The molecule has 8 heteroatoms. The van der Waals surface area contributed by atoms with Gasteiger partial charge in [0.15, 0.2) is 5.65 Å². The quantitative estimate of drug-likeness (QED) is 0.538. The van der Waals surface area contributed by atoms with E-state index in [4.69, 9.17) is 4.74 Å². The number of carbonyl (C=O) groups is 1. The van der Waals surface area contributed by atoms with Gasteiger partial charge in [-0.15, -0.1) is 0 Å². The van der Waals surface area contributed by atoms with E-state index in [0.29, 0.717) is 23.4 Å². The molecule has 1 aromatic carbocycles. The number of amides is 1. The van der Waals surface area contributed by atoms with Gasteiger partial charge in [0.2, 0.25) is 0 Å². The Bertz CT molecular complexity index is 1120. The molecule has 0 saturated carbocycles. The van der Waals surface area contributed by atoms with Crippen LogP contribution < -0.4 is 10.1 Å². The highest BCUT2D eigenvalue weighted by Gasteiger charge is 2.29. The fourth-order valence-electron chi connectivity index (χ4n) is 3.72. The van der Waals surface area contributed by atoms with Gasteiger partial charge < -0.3 is 20.1 Å². The van der Waals surface area contributed by atoms with Crippen LogP contribution in [0.1, 0.15) is 38.6 Å². The number of nitrogens with zero attached hydrogens (tertiary/aromatic N) is 3. The number of hydrogen-bond acceptors (Lipinski definition) is 5. The van der Waals surface area contributed by atoms with Gasteiger partial charge in [-0.1, -0.05) is 19.9 Å². The maximum Gasteiger partial charge on any atom is 0.405 e. The number of pyridine rings is 1. The molecule has 2 heterocycles. The average Bonchev–Trinajstić information content (AvgIpc) is 3.05. The Morgan fingerprint density at radius 1 is 1.40 bits per heavy atom. The minimum Gasteiger partial charge on any atom is -0.490 e. The lowest BCUT2D eigenvalue weighted by Gasteiger charge is -2.31. The molecule has 0 fully saturated rings. The lowest BCUT2D eigenvalue weighted by atomic mass is 9.91. The maximum absolute atomic E-state index is 11.2. The molecular formula is C22H25N5O3. The van der Waals surface area contributed by atoms with Gasteiger partial charge in [-0.2, -0.15) is 5.26 Å². The second kappa shape index (κ2) is 8.41. The summed E-state index contributed by atoms with van der Waals surface area (Å²) in [6.45, 7) is 7.82. The van der Waals surface area contributed by atoms with Crippen LogP contribution in [0.5, 0.6) is 5.75 Å². The van der Waals surface area contributed by atoms with Crippen LogP contribution in [0, 0.1) is 24.2 Å². The van der Waals surface area contributed by atoms with Crippen molar-refractivity contribution in [1.29, 1.82) is 5.26 Å². The number of H-pyrrole nitrogens is 1. The predicted octanol–water partition coefficient (Wildman–Crippen LogP) is 4.26. The average molecular weight is 407 g/mol. The van der Waals surface area contributed by atoms with Crippen LogP contribution in [0.25, 0.3) is 22.3 Å². The number of aryl methyl sites for hydroxylation is 1. The number of nitriles is 1. The van der Waals surface area contributed by atoms with Gasteiger partial charge in [-0.05, 0) is 49.9 Å². The molecule has 156 valence electrons. The van der Waals surface area contributed by atoms with Crippen LogP contribution in [-0.4, -0.2) is 38.3 Å². The third-order valence-electron chi connectivity index (χ3n) is 4.74. The number of carboxylic acid groups (broad SMARTS) is 1. The molecule has 1 amide bonds. The van der Waals surface area contributed by atoms with E-state index in [-0.39, 0.29) is 12.5 Å². The summed E-state index contributed by atoms with van der Waals surface area (Å²) in [7, 11) is 0. The highest BCUT2D eigenvalue weighted by molar-refractivity contribution is 5.90. The minimum absolute atomic E-state index is 0.116. The first kappa shape index (κ1) is 21.1. The van der Waals surface area contributed by atoms with Crippen LogP contribution in [0.2, 0.25) is 0 Å². The Labute approximate surface area is 174 Å². The molecule has 2 aromatic heterocycles. The molecule has 30 heavy (non-hydrogen) atoms. The van der Waals surface area contributed by atoms with Crippen molar-refractivity contribution in [1.82, 2.24) is 20.3 Å². The number of ether oxygens (including phenoxy) is 1. The van der Waals surface area contributed by atoms with Gasteiger partial charge in [-0.25, -0.2) is 14.8 Å². The zero-order valence-electron chi connectivity index (χ0n) is 17.5. The van der Waals surface area contributed by atoms with Gasteiger partial charge in [0.05, 0.1) is 16.6 Å². The van der Waals surface area contributed by atoms with Crippen molar-refractivity contribution < 1.29 is 14.6 Å². The molecule has 0 aliphatic heterocycles. The first-order chi connectivity index (χ1) is 14.2. The van der Waals surface area contributed by atoms with E-state index in [1.165, 1.54) is 0 Å². The summed E-state index contributed by atoms with van der Waals surface area (Å²) in [6, 6.07) is 9.40. The molecular weight excluding hydrogens is 382 g/mol. The van der Waals surface area contributed by atoms with E-state index < -0.39 is 11.6 Å². The third kappa shape index (κ3) is 4.69. The molecule has 0 spiro atoms. The summed E-state index contributed by atoms with van der Waals surface area (Å²) in [5, 5.41) is 21.4. The van der Waals surface area contributed by atoms with Crippen molar-refractivity contribution in [3.05, 3.63) is 41.9 Å². The van der Waals surface area contributed by atoms with E-state index in [2.05, 4.69) is 26.3 Å². The van der Waals surface area contributed by atoms with Gasteiger partial charge >= 0.3 is 6.09 Å². The fourth-order valence-corrected chi connectivity index (χ4v) is 3.72. The van der Waals surface area contributed by atoms with Crippen molar-refractivity contribution in [3.63, 3.8) is 0 Å². The second-order valence-electron chi connectivity index (χ2n) is 8.08. The first-order valence-electron chi connectivity index (χ1n) is 9.70. The van der Waals surface area contributed by atoms with Crippen LogP contribution in [0.4, 0.5) is 4.79 Å². The van der Waals surface area contributed by atoms with Crippen LogP contribution in [0.15, 0.2) is 30.5 Å². The third-order valence-corrected chi connectivity index (χ3v) is 4.74. The lowest BCUT2D eigenvalue weighted by molar-refractivity contribution is 0.143. The number of fused-ring (bicyclic) bond motifs is 1. The molecule has 1 atom stereocenters. The number of imidazole rings is 1. The Balaban J connectivity index is 1.89. The van der Waals surface area contributed by atoms with Crippen molar-refractivity contribution in [3.8, 4) is 22.9 Å². The predicted molar refractivity (Wildman–Crippen MR) is 113 cm³/mol. The normalized spacial score (nSPS) is 13.1. The lowest BCUT2D eigenvalue weighted by Crippen LogP contribution is -2.50. The largest absolute Gasteiger partial charge is 0.490 e. The van der Waals surface area contributed by atoms with E-state index in [1.54, 1.807) is 25.3 Å². The zero-order valence-corrected chi connectivity index (χ0v) is 17.5. The zero-order chi connectivity index (χ0) is 21.9. The number of nitrogens with one attached hydrogen (secondary N) is 2. The van der Waals surface area contributed by atoms with Crippen LogP contribution >= 0.6 is 0 Å². The molecule has 0 bridgehead atoms. The highest BCUT2D eigenvalue weighted by Crippen LogP contribution is 2.31. The molecule has 0 aliphatic rings. The summed E-state index contributed by atoms with van der Waals surface area (Å²) in [5.74, 6) is 1.45. The smallest absolute Gasteiger partial charge is 0.405 e. The van der Waals surface area contributed by atoms with Crippen LogP contribution in [0.3, 0.4) is 0 Å². The Hall–Kier alpha value is -3.60. The molecule has 0 radical (unpaired) electrons. The van der Waals surface area contributed by atoms with Crippen LogP contribution in [-0.2, 0) is 0 Å². The number of benzene rings is 1. The number of rotatable bonds is 7. The summed E-state index contributed by atoms with van der Waals surface area (Å²) in [5.41, 5.74) is 2.76. The van der Waals surface area contributed by atoms with E-state index in [9.17, 15) is 15.2 Å². The first-order valence-corrected chi connectivity index (χ1v) is 9.70. The van der Waals surface area contributed by atoms with Crippen molar-refractivity contribution in [2.45, 2.75) is 39.7 Å². The van der Waals surface area contributed by atoms with Gasteiger partial charge in [-0.3, -0.25) is 0 Å². The van der Waals surface area contributed by atoms with E-state index in [0.717, 1.165) is 22.5 Å². The Morgan fingerprint density at radius 3 is 2.83 bits per heavy atom. The van der Waals surface area contributed by atoms with Crippen molar-refractivity contribution in [2.24, 2.45) is 5.92 Å². The summed E-state index contributed by atoms with van der Waals surface area (Å²) >= 11 is 0. The molecule has 8 nitrogen and oxygen atoms in total. The topological polar surface area (TPSA) is 124 Å². The Kier molecular flexibility index (Phi) is 5.92.